The topological polar surface area (TPSA) is 60.5 Å². The van der Waals surface area contributed by atoms with E-state index in [4.69, 9.17) is 9.26 Å². The number of fused-ring (bicyclic) bond motifs is 4. The van der Waals surface area contributed by atoms with Gasteiger partial charge in [-0.05, 0) is 48.2 Å². The molecule has 0 spiro atoms. The van der Waals surface area contributed by atoms with Crippen molar-refractivity contribution in [3.63, 3.8) is 0 Å². The number of nitrogens with zero attached hydrogens (tertiary/aromatic N) is 3. The third kappa shape index (κ3) is 4.29. The van der Waals surface area contributed by atoms with Crippen molar-refractivity contribution in [3.05, 3.63) is 106 Å². The minimum atomic E-state index is 0.122. The van der Waals surface area contributed by atoms with Crippen LogP contribution in [0.2, 0.25) is 0 Å². The molecule has 0 aliphatic carbocycles. The van der Waals surface area contributed by atoms with Crippen molar-refractivity contribution >= 4 is 0 Å². The first-order valence-corrected chi connectivity index (χ1v) is 11.9. The van der Waals surface area contributed by atoms with Crippen molar-refractivity contribution in [2.45, 2.75) is 32.0 Å². The number of likely N-dealkylation sites (tertiary alicyclic amines) is 1. The Morgan fingerprint density at radius 3 is 2.65 bits per heavy atom. The number of hydrogen-bond acceptors (Lipinski definition) is 5. The van der Waals surface area contributed by atoms with Gasteiger partial charge in [-0.1, -0.05) is 41.6 Å². The van der Waals surface area contributed by atoms with Crippen LogP contribution in [0.4, 0.5) is 0 Å². The van der Waals surface area contributed by atoms with Crippen LogP contribution in [-0.2, 0) is 19.7 Å². The van der Waals surface area contributed by atoms with E-state index in [0.29, 0.717) is 18.4 Å². The lowest BCUT2D eigenvalue weighted by molar-refractivity contribution is 0.105. The lowest BCUT2D eigenvalue weighted by atomic mass is 9.83. The molecule has 0 unspecified atom stereocenters. The second-order valence-electron chi connectivity index (χ2n) is 9.37. The summed E-state index contributed by atoms with van der Waals surface area (Å²) in [5.41, 5.74) is 4.27. The van der Waals surface area contributed by atoms with Crippen molar-refractivity contribution in [1.82, 2.24) is 14.6 Å². The van der Waals surface area contributed by atoms with Crippen LogP contribution in [0.25, 0.3) is 11.3 Å². The summed E-state index contributed by atoms with van der Waals surface area (Å²) in [5, 5.41) is 4.31. The standard InChI is InChI=1S/C28H27N3O3/c32-28-8-4-7-27-23-13-21(16-31(27)28)15-30(17-23)18-25-14-26(29-34-25)22-9-11-24(12-10-22)33-19-20-5-2-1-3-6-20/h1-12,14,21,23H,13,15-19H2/t21-,23+/m0/s1. The van der Waals surface area contributed by atoms with Crippen LogP contribution in [0.3, 0.4) is 0 Å². The van der Waals surface area contributed by atoms with Gasteiger partial charge in [0.05, 0.1) is 6.54 Å². The maximum atomic E-state index is 12.2. The molecule has 2 aliphatic heterocycles. The third-order valence-electron chi connectivity index (χ3n) is 6.89. The van der Waals surface area contributed by atoms with Crippen molar-refractivity contribution in [2.75, 3.05) is 13.1 Å². The minimum absolute atomic E-state index is 0.122. The van der Waals surface area contributed by atoms with Gasteiger partial charge < -0.3 is 13.8 Å². The summed E-state index contributed by atoms with van der Waals surface area (Å²) in [6.45, 7) is 3.99. The van der Waals surface area contributed by atoms with Gasteiger partial charge in [-0.15, -0.1) is 0 Å². The zero-order valence-corrected chi connectivity index (χ0v) is 19.0. The highest BCUT2D eigenvalue weighted by atomic mass is 16.5. The van der Waals surface area contributed by atoms with E-state index >= 15 is 0 Å². The first-order valence-electron chi connectivity index (χ1n) is 11.9. The molecule has 4 heterocycles. The van der Waals surface area contributed by atoms with Gasteiger partial charge in [0.25, 0.3) is 5.56 Å². The Balaban J connectivity index is 1.10. The van der Waals surface area contributed by atoms with Crippen molar-refractivity contribution in [1.29, 1.82) is 0 Å². The zero-order valence-electron chi connectivity index (χ0n) is 19.0. The largest absolute Gasteiger partial charge is 0.489 e. The molecule has 6 heteroatoms. The number of hydrogen-bond donors (Lipinski definition) is 0. The molecule has 0 N–H and O–H groups in total. The first-order chi connectivity index (χ1) is 16.7. The molecule has 0 saturated carbocycles. The van der Waals surface area contributed by atoms with Gasteiger partial charge in [-0.3, -0.25) is 9.69 Å². The molecule has 0 radical (unpaired) electrons. The highest BCUT2D eigenvalue weighted by molar-refractivity contribution is 5.59. The van der Waals surface area contributed by atoms with E-state index < -0.39 is 0 Å². The summed E-state index contributed by atoms with van der Waals surface area (Å²) in [6.07, 6.45) is 1.15. The Labute approximate surface area is 198 Å². The maximum absolute atomic E-state index is 12.2. The van der Waals surface area contributed by atoms with Crippen molar-refractivity contribution < 1.29 is 9.26 Å². The Morgan fingerprint density at radius 2 is 1.79 bits per heavy atom. The number of pyridine rings is 1. The van der Waals surface area contributed by atoms with Crippen molar-refractivity contribution in [3.8, 4) is 17.0 Å². The highest BCUT2D eigenvalue weighted by Gasteiger charge is 2.34. The Kier molecular flexibility index (Phi) is 5.51. The average molecular weight is 454 g/mol. The fraction of sp³-hybridized carbons (Fsp3) is 0.286. The Hall–Kier alpha value is -3.64. The van der Waals surface area contributed by atoms with Gasteiger partial charge in [-0.2, -0.15) is 0 Å². The van der Waals surface area contributed by atoms with Crippen LogP contribution in [0.1, 0.15) is 29.4 Å². The number of benzene rings is 2. The monoisotopic (exact) mass is 453 g/mol. The zero-order chi connectivity index (χ0) is 22.9. The molecule has 2 atom stereocenters. The molecule has 34 heavy (non-hydrogen) atoms. The molecule has 4 aromatic rings. The normalized spacial score (nSPS) is 19.5. The van der Waals surface area contributed by atoms with Gasteiger partial charge >= 0.3 is 0 Å². The van der Waals surface area contributed by atoms with Crippen LogP contribution >= 0.6 is 0 Å². The van der Waals surface area contributed by atoms with Crippen LogP contribution in [0.5, 0.6) is 5.75 Å². The second kappa shape index (κ2) is 8.95. The average Bonchev–Trinajstić information content (AvgIpc) is 3.33. The summed E-state index contributed by atoms with van der Waals surface area (Å²) < 4.78 is 13.5. The molecular weight excluding hydrogens is 426 g/mol. The summed E-state index contributed by atoms with van der Waals surface area (Å²) >= 11 is 0. The van der Waals surface area contributed by atoms with E-state index in [1.165, 1.54) is 5.69 Å². The van der Waals surface area contributed by atoms with Crippen molar-refractivity contribution in [2.24, 2.45) is 5.92 Å². The van der Waals surface area contributed by atoms with E-state index in [2.05, 4.69) is 28.3 Å². The summed E-state index contributed by atoms with van der Waals surface area (Å²) in [5.74, 6) is 2.59. The van der Waals surface area contributed by atoms with Gasteiger partial charge in [0.2, 0.25) is 0 Å². The molecule has 172 valence electrons. The molecule has 2 aromatic carbocycles. The van der Waals surface area contributed by atoms with Gasteiger partial charge in [-0.25, -0.2) is 0 Å². The van der Waals surface area contributed by atoms with Gasteiger partial charge in [0, 0.05) is 48.9 Å². The number of ether oxygens (including phenoxy) is 1. The molecule has 2 aromatic heterocycles. The SMILES string of the molecule is O=c1cccc2n1C[C@H]1C[C@@H]2CN(Cc2cc(-c3ccc(OCc4ccccc4)cc3)no2)C1. The lowest BCUT2D eigenvalue weighted by Crippen LogP contribution is -2.46. The highest BCUT2D eigenvalue weighted by Crippen LogP contribution is 2.35. The van der Waals surface area contributed by atoms with E-state index in [1.54, 1.807) is 6.07 Å². The molecule has 0 amide bonds. The number of piperidine rings is 1. The van der Waals surface area contributed by atoms with Crippen LogP contribution in [0, 0.1) is 5.92 Å². The smallest absolute Gasteiger partial charge is 0.250 e. The van der Waals surface area contributed by atoms with Gasteiger partial charge in [0.15, 0.2) is 5.76 Å². The third-order valence-corrected chi connectivity index (χ3v) is 6.89. The predicted octanol–water partition coefficient (Wildman–Crippen LogP) is 4.70. The Bertz CT molecular complexity index is 1330. The molecule has 1 fully saturated rings. The Morgan fingerprint density at radius 1 is 0.941 bits per heavy atom. The second-order valence-corrected chi connectivity index (χ2v) is 9.37. The van der Waals surface area contributed by atoms with E-state index in [-0.39, 0.29) is 5.56 Å². The molecule has 6 rings (SSSR count). The van der Waals surface area contributed by atoms with Crippen LogP contribution in [-0.4, -0.2) is 27.7 Å². The predicted molar refractivity (Wildman–Crippen MR) is 130 cm³/mol. The summed E-state index contributed by atoms with van der Waals surface area (Å²) in [4.78, 5) is 14.7. The number of aromatic nitrogens is 2. The van der Waals surface area contributed by atoms with E-state index in [1.807, 2.05) is 59.2 Å². The molecule has 6 nitrogen and oxygen atoms in total. The summed E-state index contributed by atoms with van der Waals surface area (Å²) in [7, 11) is 0. The molecule has 2 bridgehead atoms. The fourth-order valence-electron chi connectivity index (χ4n) is 5.33. The molecule has 1 saturated heterocycles. The lowest BCUT2D eigenvalue weighted by Gasteiger charge is -2.42. The molecule has 2 aliphatic rings. The van der Waals surface area contributed by atoms with Crippen LogP contribution < -0.4 is 10.3 Å². The first kappa shape index (κ1) is 20.9. The maximum Gasteiger partial charge on any atom is 0.250 e. The van der Waals surface area contributed by atoms with E-state index in [9.17, 15) is 4.79 Å². The quantitative estimate of drug-likeness (QED) is 0.424. The number of rotatable bonds is 6. The molecular formula is C28H27N3O3. The minimum Gasteiger partial charge on any atom is -0.489 e. The van der Waals surface area contributed by atoms with E-state index in [0.717, 1.165) is 60.9 Å². The van der Waals surface area contributed by atoms with Gasteiger partial charge in [0.1, 0.15) is 18.1 Å². The fourth-order valence-corrected chi connectivity index (χ4v) is 5.33. The van der Waals surface area contributed by atoms with Crippen LogP contribution in [0.15, 0.2) is 88.2 Å². The summed E-state index contributed by atoms with van der Waals surface area (Å²) in [6, 6.07) is 25.8.